The minimum Gasteiger partial charge on any atom is -0.487 e. The number of piperidine rings is 1. The maximum atomic E-state index is 10.8. The van der Waals surface area contributed by atoms with Crippen LogP contribution >= 0.6 is 11.6 Å². The van der Waals surface area contributed by atoms with Crippen molar-refractivity contribution < 1.29 is 14.9 Å². The topological polar surface area (TPSA) is 65.8 Å². The SMILES string of the molecule is CC(O)C1(c2ccc(Cl)cc2)CCN(CC/C=C2/c3cc(C(C)(C)O)ccc3OCc3ncccc32)CC1. The number of hydrogen-bond donors (Lipinski definition) is 2. The van der Waals surface area contributed by atoms with Crippen molar-refractivity contribution in [1.82, 2.24) is 9.88 Å². The molecule has 5 rings (SSSR count). The molecule has 0 spiro atoms. The summed E-state index contributed by atoms with van der Waals surface area (Å²) in [5.74, 6) is 0.810. The number of likely N-dealkylation sites (tertiary alicyclic amines) is 1. The molecule has 2 N–H and O–H groups in total. The molecule has 0 amide bonds. The molecule has 3 aromatic rings. The Morgan fingerprint density at radius 2 is 1.84 bits per heavy atom. The van der Waals surface area contributed by atoms with Crippen molar-refractivity contribution >= 4 is 17.2 Å². The first kappa shape index (κ1) is 26.9. The fourth-order valence-electron chi connectivity index (χ4n) is 5.85. The van der Waals surface area contributed by atoms with Gasteiger partial charge in [-0.05, 0) is 100 Å². The summed E-state index contributed by atoms with van der Waals surface area (Å²) in [4.78, 5) is 7.08. The van der Waals surface area contributed by atoms with Gasteiger partial charge in [0.2, 0.25) is 0 Å². The number of hydrogen-bond acceptors (Lipinski definition) is 5. The molecule has 2 aliphatic rings. The number of aromatic nitrogens is 1. The average Bonchev–Trinajstić information content (AvgIpc) is 3.06. The molecule has 1 aromatic heterocycles. The van der Waals surface area contributed by atoms with E-state index in [9.17, 15) is 10.2 Å². The molecule has 0 aliphatic carbocycles. The molecule has 2 aliphatic heterocycles. The fraction of sp³-hybridized carbons (Fsp3) is 0.406. The highest BCUT2D eigenvalue weighted by Gasteiger charge is 2.40. The van der Waals surface area contributed by atoms with Crippen LogP contribution in [0.15, 0.2) is 66.9 Å². The molecule has 1 saturated heterocycles. The van der Waals surface area contributed by atoms with Crippen LogP contribution in [0.2, 0.25) is 5.02 Å². The van der Waals surface area contributed by atoms with Crippen LogP contribution in [0.5, 0.6) is 5.75 Å². The molecular formula is C32H37ClN2O3. The molecule has 6 heteroatoms. The molecule has 200 valence electrons. The van der Waals surface area contributed by atoms with Crippen molar-refractivity contribution in [3.8, 4) is 5.75 Å². The Hall–Kier alpha value is -2.70. The van der Waals surface area contributed by atoms with E-state index >= 15 is 0 Å². The van der Waals surface area contributed by atoms with E-state index in [2.05, 4.69) is 34.2 Å². The van der Waals surface area contributed by atoms with E-state index in [4.69, 9.17) is 16.3 Å². The third-order valence-corrected chi connectivity index (χ3v) is 8.53. The molecule has 0 radical (unpaired) electrons. The van der Waals surface area contributed by atoms with Gasteiger partial charge < -0.3 is 19.8 Å². The van der Waals surface area contributed by atoms with E-state index in [-0.39, 0.29) is 5.41 Å². The molecule has 38 heavy (non-hydrogen) atoms. The lowest BCUT2D eigenvalue weighted by molar-refractivity contribution is 0.0423. The first-order valence-electron chi connectivity index (χ1n) is 13.5. The maximum Gasteiger partial charge on any atom is 0.131 e. The number of rotatable bonds is 6. The summed E-state index contributed by atoms with van der Waals surface area (Å²) in [6.45, 7) is 8.72. The zero-order valence-corrected chi connectivity index (χ0v) is 23.2. The van der Waals surface area contributed by atoms with Crippen LogP contribution in [0.25, 0.3) is 5.57 Å². The lowest BCUT2D eigenvalue weighted by Crippen LogP contribution is -2.48. The third kappa shape index (κ3) is 5.39. The predicted molar refractivity (Wildman–Crippen MR) is 152 cm³/mol. The smallest absolute Gasteiger partial charge is 0.131 e. The fourth-order valence-corrected chi connectivity index (χ4v) is 5.98. The number of aliphatic hydroxyl groups is 2. The lowest BCUT2D eigenvalue weighted by Gasteiger charge is -2.44. The average molecular weight is 533 g/mol. The quantitative estimate of drug-likeness (QED) is 0.402. The second-order valence-electron chi connectivity index (χ2n) is 11.1. The van der Waals surface area contributed by atoms with Crippen molar-refractivity contribution in [1.29, 1.82) is 0 Å². The Morgan fingerprint density at radius 1 is 1.11 bits per heavy atom. The Kier molecular flexibility index (Phi) is 7.65. The first-order valence-corrected chi connectivity index (χ1v) is 13.9. The number of benzene rings is 2. The van der Waals surface area contributed by atoms with E-state index in [1.807, 2.05) is 43.3 Å². The van der Waals surface area contributed by atoms with Gasteiger partial charge in [0.15, 0.2) is 0 Å². The van der Waals surface area contributed by atoms with Crippen LogP contribution in [-0.4, -0.2) is 45.8 Å². The zero-order chi connectivity index (χ0) is 26.9. The molecule has 1 unspecified atom stereocenters. The molecule has 0 saturated carbocycles. The third-order valence-electron chi connectivity index (χ3n) is 8.28. The molecular weight excluding hydrogens is 496 g/mol. The van der Waals surface area contributed by atoms with Gasteiger partial charge in [-0.1, -0.05) is 41.9 Å². The molecule has 3 heterocycles. The van der Waals surface area contributed by atoms with Gasteiger partial charge in [-0.3, -0.25) is 4.98 Å². The van der Waals surface area contributed by atoms with Crippen molar-refractivity contribution in [2.75, 3.05) is 19.6 Å². The summed E-state index contributed by atoms with van der Waals surface area (Å²) in [6.07, 6.45) is 6.35. The number of nitrogens with zero attached hydrogens (tertiary/aromatic N) is 2. The standard InChI is InChI=1S/C32H37ClN2O3/c1-22(36)32(23-8-11-25(33)12-9-23)14-18-35(19-15-32)17-5-7-26-27-6-4-16-34-29(27)21-38-30-13-10-24(20-28(26)30)31(2,3)37/h4,6-13,16,20,22,36-37H,5,14-15,17-19,21H2,1-3H3/b26-7+. The van der Waals surface area contributed by atoms with Crippen LogP contribution in [0.1, 0.15) is 68.0 Å². The summed E-state index contributed by atoms with van der Waals surface area (Å²) in [7, 11) is 0. The second kappa shape index (κ2) is 10.8. The largest absolute Gasteiger partial charge is 0.487 e. The van der Waals surface area contributed by atoms with Crippen LogP contribution in [-0.2, 0) is 17.6 Å². The number of ether oxygens (including phenoxy) is 1. The van der Waals surface area contributed by atoms with Gasteiger partial charge in [0, 0.05) is 34.3 Å². The van der Waals surface area contributed by atoms with Crippen molar-refractivity contribution in [2.45, 2.75) is 63.8 Å². The van der Waals surface area contributed by atoms with Gasteiger partial charge >= 0.3 is 0 Å². The van der Waals surface area contributed by atoms with Gasteiger partial charge in [-0.2, -0.15) is 0 Å². The van der Waals surface area contributed by atoms with E-state index < -0.39 is 11.7 Å². The lowest BCUT2D eigenvalue weighted by atomic mass is 9.69. The van der Waals surface area contributed by atoms with Crippen LogP contribution < -0.4 is 4.74 Å². The summed E-state index contributed by atoms with van der Waals surface area (Å²) in [6, 6.07) is 18.0. The van der Waals surface area contributed by atoms with E-state index in [1.165, 1.54) is 5.56 Å². The van der Waals surface area contributed by atoms with Gasteiger partial charge in [0.1, 0.15) is 12.4 Å². The van der Waals surface area contributed by atoms with Crippen LogP contribution in [0.3, 0.4) is 0 Å². The van der Waals surface area contributed by atoms with Gasteiger partial charge in [0.05, 0.1) is 17.4 Å². The predicted octanol–water partition coefficient (Wildman–Crippen LogP) is 6.09. The van der Waals surface area contributed by atoms with E-state index in [0.717, 1.165) is 77.6 Å². The number of fused-ring (bicyclic) bond motifs is 2. The minimum atomic E-state index is -0.946. The van der Waals surface area contributed by atoms with Crippen LogP contribution in [0, 0.1) is 0 Å². The molecule has 1 atom stereocenters. The summed E-state index contributed by atoms with van der Waals surface area (Å²) in [5, 5.41) is 22.2. The zero-order valence-electron chi connectivity index (χ0n) is 22.5. The molecule has 1 fully saturated rings. The normalized spacial score (nSPS) is 19.3. The summed E-state index contributed by atoms with van der Waals surface area (Å²) < 4.78 is 6.14. The van der Waals surface area contributed by atoms with E-state index in [0.29, 0.717) is 6.61 Å². The molecule has 2 aromatic carbocycles. The Morgan fingerprint density at radius 3 is 2.53 bits per heavy atom. The highest BCUT2D eigenvalue weighted by Crippen LogP contribution is 2.40. The monoisotopic (exact) mass is 532 g/mol. The highest BCUT2D eigenvalue weighted by atomic mass is 35.5. The summed E-state index contributed by atoms with van der Waals surface area (Å²) in [5.41, 5.74) is 4.92. The Bertz CT molecular complexity index is 1300. The van der Waals surface area contributed by atoms with Crippen LogP contribution in [0.4, 0.5) is 0 Å². The first-order chi connectivity index (χ1) is 18.2. The Labute approximate surface area is 230 Å². The van der Waals surface area contributed by atoms with Gasteiger partial charge in [-0.25, -0.2) is 0 Å². The van der Waals surface area contributed by atoms with E-state index in [1.54, 1.807) is 20.0 Å². The van der Waals surface area contributed by atoms with Crippen molar-refractivity contribution in [2.24, 2.45) is 0 Å². The molecule has 5 nitrogen and oxygen atoms in total. The maximum absolute atomic E-state index is 10.8. The summed E-state index contributed by atoms with van der Waals surface area (Å²) >= 11 is 6.12. The number of aliphatic hydroxyl groups excluding tert-OH is 1. The Balaban J connectivity index is 1.36. The van der Waals surface area contributed by atoms with Crippen molar-refractivity contribution in [3.05, 3.63) is 99.8 Å². The second-order valence-corrected chi connectivity index (χ2v) is 11.6. The number of halogens is 1. The van der Waals surface area contributed by atoms with Gasteiger partial charge in [0.25, 0.3) is 0 Å². The number of pyridine rings is 1. The van der Waals surface area contributed by atoms with Crippen molar-refractivity contribution in [3.63, 3.8) is 0 Å². The minimum absolute atomic E-state index is 0.241. The highest BCUT2D eigenvalue weighted by molar-refractivity contribution is 6.30. The molecule has 0 bridgehead atoms. The van der Waals surface area contributed by atoms with Gasteiger partial charge in [-0.15, -0.1) is 0 Å².